The maximum atomic E-state index is 6.13. The summed E-state index contributed by atoms with van der Waals surface area (Å²) in [6, 6.07) is 15.0. The van der Waals surface area contributed by atoms with Crippen molar-refractivity contribution in [1.82, 2.24) is 19.9 Å². The molecule has 8 heteroatoms. The molecular formula is C20H14Cl2N6. The molecular weight excluding hydrogens is 395 g/mol. The number of aromatic nitrogens is 4. The van der Waals surface area contributed by atoms with Gasteiger partial charge in [0.25, 0.3) is 0 Å². The highest BCUT2D eigenvalue weighted by Crippen LogP contribution is 2.35. The molecule has 3 aromatic carbocycles. The average Bonchev–Trinajstić information content (AvgIpc) is 3.33. The van der Waals surface area contributed by atoms with Gasteiger partial charge in [-0.05, 0) is 24.3 Å². The summed E-state index contributed by atoms with van der Waals surface area (Å²) >= 11 is 12.3. The van der Waals surface area contributed by atoms with Crippen molar-refractivity contribution in [3.8, 4) is 22.8 Å². The highest BCUT2D eigenvalue weighted by atomic mass is 35.5. The Hall–Kier alpha value is -3.22. The molecule has 2 aromatic heterocycles. The Kier molecular flexibility index (Phi) is 3.72. The van der Waals surface area contributed by atoms with Crippen LogP contribution in [0, 0.1) is 0 Å². The second-order valence-electron chi connectivity index (χ2n) is 6.43. The number of aromatic amines is 2. The molecule has 6 N–H and O–H groups in total. The minimum atomic E-state index is 0.449. The van der Waals surface area contributed by atoms with Crippen LogP contribution in [0.2, 0.25) is 10.0 Å². The molecule has 0 saturated heterocycles. The lowest BCUT2D eigenvalue weighted by Crippen LogP contribution is -1.89. The van der Waals surface area contributed by atoms with Crippen LogP contribution in [0.1, 0.15) is 0 Å². The minimum Gasteiger partial charge on any atom is -0.396 e. The number of nitrogens with zero attached hydrogens (tertiary/aromatic N) is 2. The van der Waals surface area contributed by atoms with Crippen molar-refractivity contribution in [2.75, 3.05) is 11.5 Å². The highest BCUT2D eigenvalue weighted by Gasteiger charge is 2.16. The number of nitrogen functional groups attached to an aromatic ring is 2. The normalized spacial score (nSPS) is 11.5. The molecule has 138 valence electrons. The Bertz CT molecular complexity index is 1260. The Morgan fingerprint density at radius 2 is 1.07 bits per heavy atom. The zero-order valence-electron chi connectivity index (χ0n) is 14.4. The Morgan fingerprint density at radius 1 is 0.643 bits per heavy atom. The van der Waals surface area contributed by atoms with Crippen LogP contribution in [0.3, 0.4) is 0 Å². The van der Waals surface area contributed by atoms with Gasteiger partial charge in [-0.25, -0.2) is 9.97 Å². The van der Waals surface area contributed by atoms with Gasteiger partial charge in [0.15, 0.2) is 0 Å². The van der Waals surface area contributed by atoms with E-state index in [1.165, 1.54) is 0 Å². The lowest BCUT2D eigenvalue weighted by atomic mass is 10.1. The van der Waals surface area contributed by atoms with E-state index in [-0.39, 0.29) is 0 Å². The van der Waals surface area contributed by atoms with Gasteiger partial charge in [-0.3, -0.25) is 0 Å². The Labute approximate surface area is 169 Å². The average molecular weight is 409 g/mol. The van der Waals surface area contributed by atoms with Crippen molar-refractivity contribution < 1.29 is 0 Å². The maximum absolute atomic E-state index is 6.13. The van der Waals surface area contributed by atoms with Gasteiger partial charge in [0.2, 0.25) is 0 Å². The van der Waals surface area contributed by atoms with E-state index in [0.29, 0.717) is 44.1 Å². The van der Waals surface area contributed by atoms with Crippen LogP contribution in [-0.2, 0) is 0 Å². The quantitative estimate of drug-likeness (QED) is 0.299. The number of fused-ring (bicyclic) bond motifs is 2. The number of hydrogen-bond acceptors (Lipinski definition) is 4. The van der Waals surface area contributed by atoms with Crippen molar-refractivity contribution in [2.24, 2.45) is 0 Å². The molecule has 0 spiro atoms. The number of H-pyrrole nitrogens is 2. The van der Waals surface area contributed by atoms with E-state index < -0.39 is 0 Å². The highest BCUT2D eigenvalue weighted by molar-refractivity contribution is 6.35. The van der Waals surface area contributed by atoms with Crippen molar-refractivity contribution in [2.45, 2.75) is 0 Å². The SMILES string of the molecule is Nc1c(Cl)ccc2[nH]c(-c3ccccc3-c3nc4c(N)c(Cl)ccc4[nH]3)nc12. The lowest BCUT2D eigenvalue weighted by molar-refractivity contribution is 1.30. The van der Waals surface area contributed by atoms with Gasteiger partial charge in [-0.2, -0.15) is 0 Å². The molecule has 0 unspecified atom stereocenters. The van der Waals surface area contributed by atoms with Gasteiger partial charge in [0.05, 0.1) is 32.5 Å². The Balaban J connectivity index is 1.72. The third-order valence-electron chi connectivity index (χ3n) is 4.72. The third-order valence-corrected chi connectivity index (χ3v) is 5.38. The summed E-state index contributed by atoms with van der Waals surface area (Å²) in [6.45, 7) is 0. The number of anilines is 2. The van der Waals surface area contributed by atoms with E-state index in [9.17, 15) is 0 Å². The number of rotatable bonds is 2. The summed E-state index contributed by atoms with van der Waals surface area (Å²) in [7, 11) is 0. The smallest absolute Gasteiger partial charge is 0.139 e. The first kappa shape index (κ1) is 16.9. The summed E-state index contributed by atoms with van der Waals surface area (Å²) in [5.74, 6) is 1.34. The van der Waals surface area contributed by atoms with Crippen molar-refractivity contribution in [3.05, 3.63) is 58.6 Å². The van der Waals surface area contributed by atoms with E-state index in [2.05, 4.69) is 19.9 Å². The summed E-state index contributed by atoms with van der Waals surface area (Å²) in [4.78, 5) is 15.9. The molecule has 0 aliphatic rings. The first-order valence-electron chi connectivity index (χ1n) is 8.50. The molecule has 5 rings (SSSR count). The molecule has 0 bridgehead atoms. The molecule has 0 aliphatic heterocycles. The fraction of sp³-hybridized carbons (Fsp3) is 0. The fourth-order valence-corrected chi connectivity index (χ4v) is 3.60. The molecule has 0 saturated carbocycles. The first-order chi connectivity index (χ1) is 13.5. The number of halogens is 2. The van der Waals surface area contributed by atoms with E-state index in [1.54, 1.807) is 12.1 Å². The Morgan fingerprint density at radius 3 is 1.50 bits per heavy atom. The molecule has 0 atom stereocenters. The van der Waals surface area contributed by atoms with Crippen LogP contribution in [0.15, 0.2) is 48.5 Å². The van der Waals surface area contributed by atoms with Crippen LogP contribution in [0.25, 0.3) is 44.8 Å². The number of hydrogen-bond donors (Lipinski definition) is 4. The molecule has 0 radical (unpaired) electrons. The summed E-state index contributed by atoms with van der Waals surface area (Å²) < 4.78 is 0. The van der Waals surface area contributed by atoms with Gasteiger partial charge in [0.1, 0.15) is 22.7 Å². The minimum absolute atomic E-state index is 0.449. The van der Waals surface area contributed by atoms with Crippen LogP contribution < -0.4 is 11.5 Å². The van der Waals surface area contributed by atoms with Gasteiger partial charge in [-0.15, -0.1) is 0 Å². The van der Waals surface area contributed by atoms with Gasteiger partial charge in [0, 0.05) is 11.1 Å². The van der Waals surface area contributed by atoms with Gasteiger partial charge in [-0.1, -0.05) is 47.5 Å². The van der Waals surface area contributed by atoms with Crippen LogP contribution >= 0.6 is 23.2 Å². The molecule has 0 fully saturated rings. The maximum Gasteiger partial charge on any atom is 0.139 e. The van der Waals surface area contributed by atoms with Crippen molar-refractivity contribution >= 4 is 56.6 Å². The number of nitrogens with two attached hydrogens (primary N) is 2. The molecule has 6 nitrogen and oxygen atoms in total. The summed E-state index contributed by atoms with van der Waals surface area (Å²) in [5.41, 5.74) is 17.7. The third kappa shape index (κ3) is 2.50. The van der Waals surface area contributed by atoms with Crippen LogP contribution in [0.4, 0.5) is 11.4 Å². The van der Waals surface area contributed by atoms with E-state index in [4.69, 9.17) is 34.7 Å². The summed E-state index contributed by atoms with van der Waals surface area (Å²) in [5, 5.41) is 0.951. The zero-order valence-corrected chi connectivity index (χ0v) is 15.9. The van der Waals surface area contributed by atoms with Crippen LogP contribution in [0.5, 0.6) is 0 Å². The van der Waals surface area contributed by atoms with Gasteiger partial charge < -0.3 is 21.4 Å². The molecule has 5 aromatic rings. The second-order valence-corrected chi connectivity index (χ2v) is 7.25. The zero-order chi connectivity index (χ0) is 19.4. The van der Waals surface area contributed by atoms with Crippen molar-refractivity contribution in [3.63, 3.8) is 0 Å². The molecule has 0 aliphatic carbocycles. The van der Waals surface area contributed by atoms with Crippen LogP contribution in [-0.4, -0.2) is 19.9 Å². The molecule has 28 heavy (non-hydrogen) atoms. The fourth-order valence-electron chi connectivity index (χ4n) is 3.30. The molecule has 0 amide bonds. The largest absolute Gasteiger partial charge is 0.396 e. The van der Waals surface area contributed by atoms with E-state index in [0.717, 1.165) is 22.2 Å². The second kappa shape index (κ2) is 6.15. The lowest BCUT2D eigenvalue weighted by Gasteiger charge is -2.04. The predicted molar refractivity (Wildman–Crippen MR) is 115 cm³/mol. The topological polar surface area (TPSA) is 109 Å². The number of benzene rings is 3. The molecule has 2 heterocycles. The number of imidazole rings is 2. The first-order valence-corrected chi connectivity index (χ1v) is 9.25. The van der Waals surface area contributed by atoms with E-state index >= 15 is 0 Å². The predicted octanol–water partition coefficient (Wildman–Crippen LogP) is 5.24. The van der Waals surface area contributed by atoms with Crippen molar-refractivity contribution in [1.29, 1.82) is 0 Å². The number of nitrogens with one attached hydrogen (secondary N) is 2. The summed E-state index contributed by atoms with van der Waals surface area (Å²) in [6.07, 6.45) is 0. The standard InChI is InChI=1S/C20H14Cl2N6/c21-11-5-7-13-17(15(11)23)27-19(25-13)9-3-1-2-4-10(9)20-26-14-8-6-12(22)16(24)18(14)28-20/h1-8H,23-24H2,(H,25,27)(H,26,28). The van der Waals surface area contributed by atoms with Gasteiger partial charge >= 0.3 is 0 Å². The van der Waals surface area contributed by atoms with E-state index in [1.807, 2.05) is 36.4 Å². The monoisotopic (exact) mass is 408 g/mol.